The van der Waals surface area contributed by atoms with Crippen molar-refractivity contribution in [2.75, 3.05) is 5.32 Å². The predicted molar refractivity (Wildman–Crippen MR) is 87.7 cm³/mol. The normalized spacial score (nSPS) is 17.7. The number of para-hydroxylation sites is 1. The number of anilines is 1. The summed E-state index contributed by atoms with van der Waals surface area (Å²) in [6, 6.07) is 18.0. The molecule has 1 aliphatic heterocycles. The molecule has 0 saturated carbocycles. The number of thiophene rings is 1. The van der Waals surface area contributed by atoms with Gasteiger partial charge in [0.1, 0.15) is 0 Å². The molecule has 4 rings (SSSR count). The van der Waals surface area contributed by atoms with Gasteiger partial charge in [0.15, 0.2) is 0 Å². The Kier molecular flexibility index (Phi) is 2.96. The lowest BCUT2D eigenvalue weighted by Gasteiger charge is -2.27. The van der Waals surface area contributed by atoms with E-state index in [9.17, 15) is 0 Å². The van der Waals surface area contributed by atoms with Crippen LogP contribution in [0.1, 0.15) is 17.5 Å². The van der Waals surface area contributed by atoms with E-state index in [4.69, 9.17) is 0 Å². The Morgan fingerprint density at radius 3 is 2.90 bits per heavy atom. The lowest BCUT2D eigenvalue weighted by Crippen LogP contribution is -2.27. The summed E-state index contributed by atoms with van der Waals surface area (Å²) in [7, 11) is 0. The molecule has 1 aliphatic rings. The monoisotopic (exact) mass is 279 g/mol. The molecule has 0 bridgehead atoms. The minimum atomic E-state index is 0.558. The van der Waals surface area contributed by atoms with Crippen molar-refractivity contribution in [2.45, 2.75) is 25.3 Å². The van der Waals surface area contributed by atoms with Crippen molar-refractivity contribution < 1.29 is 0 Å². The second-order valence-corrected chi connectivity index (χ2v) is 6.41. The zero-order chi connectivity index (χ0) is 13.4. The summed E-state index contributed by atoms with van der Waals surface area (Å²) in [5, 5.41) is 7.46. The highest BCUT2D eigenvalue weighted by Gasteiger charge is 2.18. The minimum Gasteiger partial charge on any atom is -0.382 e. The molecule has 1 aromatic heterocycles. The summed E-state index contributed by atoms with van der Waals surface area (Å²) in [6.07, 6.45) is 3.54. The number of aryl methyl sites for hydroxylation is 1. The van der Waals surface area contributed by atoms with Gasteiger partial charge < -0.3 is 5.32 Å². The predicted octanol–water partition coefficient (Wildman–Crippen LogP) is 4.87. The molecule has 0 saturated heterocycles. The van der Waals surface area contributed by atoms with Crippen LogP contribution in [0.4, 0.5) is 5.69 Å². The van der Waals surface area contributed by atoms with Crippen LogP contribution in [-0.2, 0) is 12.8 Å². The van der Waals surface area contributed by atoms with E-state index in [1.807, 2.05) is 11.3 Å². The number of benzene rings is 2. The molecule has 100 valence electrons. The summed E-state index contributed by atoms with van der Waals surface area (Å²) in [4.78, 5) is 0. The smallest absolute Gasteiger partial charge is 0.0374 e. The van der Waals surface area contributed by atoms with Crippen molar-refractivity contribution >= 4 is 27.1 Å². The molecular weight excluding hydrogens is 262 g/mol. The maximum atomic E-state index is 3.70. The van der Waals surface area contributed by atoms with Gasteiger partial charge in [-0.25, -0.2) is 0 Å². The van der Waals surface area contributed by atoms with E-state index in [1.165, 1.54) is 39.7 Å². The molecule has 1 nitrogen and oxygen atoms in total. The van der Waals surface area contributed by atoms with Crippen molar-refractivity contribution in [3.05, 3.63) is 65.0 Å². The lowest BCUT2D eigenvalue weighted by molar-refractivity contribution is 0.630. The molecule has 0 spiro atoms. The molecule has 1 N–H and O–H groups in total. The van der Waals surface area contributed by atoms with Gasteiger partial charge in [0.2, 0.25) is 0 Å². The molecular formula is C18H17NS. The quantitative estimate of drug-likeness (QED) is 0.705. The Morgan fingerprint density at radius 1 is 1.05 bits per heavy atom. The maximum absolute atomic E-state index is 3.70. The molecule has 3 aromatic rings. The van der Waals surface area contributed by atoms with Gasteiger partial charge in [-0.05, 0) is 53.3 Å². The zero-order valence-electron chi connectivity index (χ0n) is 11.3. The Labute approximate surface area is 123 Å². The van der Waals surface area contributed by atoms with Gasteiger partial charge >= 0.3 is 0 Å². The molecule has 0 aliphatic carbocycles. The third kappa shape index (κ3) is 2.10. The van der Waals surface area contributed by atoms with Crippen LogP contribution < -0.4 is 5.32 Å². The first-order valence-corrected chi connectivity index (χ1v) is 8.08. The van der Waals surface area contributed by atoms with E-state index >= 15 is 0 Å². The SMILES string of the molecule is c1ccc2c(c1)CCC(Cc1csc3ccccc13)N2. The molecule has 0 amide bonds. The van der Waals surface area contributed by atoms with Crippen molar-refractivity contribution in [3.8, 4) is 0 Å². The second-order valence-electron chi connectivity index (χ2n) is 5.50. The Hall–Kier alpha value is -1.80. The van der Waals surface area contributed by atoms with E-state index in [0.29, 0.717) is 6.04 Å². The van der Waals surface area contributed by atoms with Crippen LogP contribution >= 0.6 is 11.3 Å². The highest BCUT2D eigenvalue weighted by molar-refractivity contribution is 7.17. The largest absolute Gasteiger partial charge is 0.382 e. The van der Waals surface area contributed by atoms with Crippen LogP contribution in [0.15, 0.2) is 53.9 Å². The number of hydrogen-bond donors (Lipinski definition) is 1. The first kappa shape index (κ1) is 12.0. The van der Waals surface area contributed by atoms with Crippen molar-refractivity contribution in [3.63, 3.8) is 0 Å². The number of hydrogen-bond acceptors (Lipinski definition) is 2. The molecule has 2 heterocycles. The molecule has 20 heavy (non-hydrogen) atoms. The van der Waals surface area contributed by atoms with Gasteiger partial charge in [-0.15, -0.1) is 11.3 Å². The highest BCUT2D eigenvalue weighted by atomic mass is 32.1. The number of rotatable bonds is 2. The fourth-order valence-electron chi connectivity index (χ4n) is 3.11. The summed E-state index contributed by atoms with van der Waals surface area (Å²) in [5.74, 6) is 0. The van der Waals surface area contributed by atoms with Gasteiger partial charge in [0.25, 0.3) is 0 Å². The number of nitrogens with one attached hydrogen (secondary N) is 1. The molecule has 0 radical (unpaired) electrons. The van der Waals surface area contributed by atoms with Crippen molar-refractivity contribution in [1.82, 2.24) is 0 Å². The van der Waals surface area contributed by atoms with Crippen LogP contribution in [0.5, 0.6) is 0 Å². The maximum Gasteiger partial charge on any atom is 0.0374 e. The third-order valence-corrected chi connectivity index (χ3v) is 5.18. The fraction of sp³-hybridized carbons (Fsp3) is 0.222. The van der Waals surface area contributed by atoms with E-state index in [1.54, 1.807) is 0 Å². The standard InChI is InChI=1S/C18H17NS/c1-3-7-17-13(5-1)9-10-15(19-17)11-14-12-20-18-8-4-2-6-16(14)18/h1-8,12,15,19H,9-11H2. The topological polar surface area (TPSA) is 12.0 Å². The van der Waals surface area contributed by atoms with Crippen LogP contribution in [0.2, 0.25) is 0 Å². The molecule has 0 fully saturated rings. The average molecular weight is 279 g/mol. The summed E-state index contributed by atoms with van der Waals surface area (Å²) < 4.78 is 1.40. The van der Waals surface area contributed by atoms with Crippen LogP contribution in [0, 0.1) is 0 Å². The molecule has 2 heteroatoms. The number of fused-ring (bicyclic) bond motifs is 2. The fourth-order valence-corrected chi connectivity index (χ4v) is 4.09. The third-order valence-electron chi connectivity index (χ3n) is 4.17. The van der Waals surface area contributed by atoms with Crippen LogP contribution in [-0.4, -0.2) is 6.04 Å². The zero-order valence-corrected chi connectivity index (χ0v) is 12.1. The first-order valence-electron chi connectivity index (χ1n) is 7.20. The Balaban J connectivity index is 1.59. The molecule has 2 aromatic carbocycles. The molecule has 1 atom stereocenters. The van der Waals surface area contributed by atoms with Gasteiger partial charge in [-0.3, -0.25) is 0 Å². The van der Waals surface area contributed by atoms with E-state index in [2.05, 4.69) is 59.2 Å². The van der Waals surface area contributed by atoms with Crippen LogP contribution in [0.25, 0.3) is 10.1 Å². The summed E-state index contributed by atoms with van der Waals surface area (Å²) >= 11 is 1.86. The first-order chi connectivity index (χ1) is 9.90. The Morgan fingerprint density at radius 2 is 1.90 bits per heavy atom. The van der Waals surface area contributed by atoms with Gasteiger partial charge in [-0.1, -0.05) is 36.4 Å². The highest BCUT2D eigenvalue weighted by Crippen LogP contribution is 2.30. The van der Waals surface area contributed by atoms with Gasteiger partial charge in [0.05, 0.1) is 0 Å². The van der Waals surface area contributed by atoms with E-state index in [0.717, 1.165) is 6.42 Å². The van der Waals surface area contributed by atoms with Crippen LogP contribution in [0.3, 0.4) is 0 Å². The second kappa shape index (κ2) is 4.95. The minimum absolute atomic E-state index is 0.558. The van der Waals surface area contributed by atoms with Crippen molar-refractivity contribution in [2.24, 2.45) is 0 Å². The summed E-state index contributed by atoms with van der Waals surface area (Å²) in [6.45, 7) is 0. The van der Waals surface area contributed by atoms with Crippen molar-refractivity contribution in [1.29, 1.82) is 0 Å². The van der Waals surface area contributed by atoms with Gasteiger partial charge in [-0.2, -0.15) is 0 Å². The summed E-state index contributed by atoms with van der Waals surface area (Å²) in [5.41, 5.74) is 4.27. The van der Waals surface area contributed by atoms with Gasteiger partial charge in [0, 0.05) is 16.4 Å². The van der Waals surface area contributed by atoms with E-state index < -0.39 is 0 Å². The van der Waals surface area contributed by atoms with E-state index in [-0.39, 0.29) is 0 Å². The lowest BCUT2D eigenvalue weighted by atomic mass is 9.94. The average Bonchev–Trinajstić information content (AvgIpc) is 2.91. The molecule has 1 unspecified atom stereocenters. The Bertz CT molecular complexity index is 744.